The number of hydrogen-bond donors (Lipinski definition) is 0. The Balaban J connectivity index is 1.34. The Morgan fingerprint density at radius 1 is 0.688 bits per heavy atom. The van der Waals surface area contributed by atoms with Gasteiger partial charge in [0.1, 0.15) is 0 Å². The molecule has 0 atom stereocenters. The van der Waals surface area contributed by atoms with Crippen LogP contribution in [0, 0.1) is 0 Å². The SMILES string of the molecule is CN(C)Cc1ccc2c(c1)Cc1ccc(Cc3ccc4c5ccccc5n(C)c4c3)cc1-2. The van der Waals surface area contributed by atoms with Crippen molar-refractivity contribution >= 4 is 21.8 Å². The Morgan fingerprint density at radius 3 is 2.31 bits per heavy atom. The standard InChI is InChI=1S/C30H28N2/c1-31(2)19-22-10-12-25-24(15-22)18-23-11-8-20(16-28(23)25)14-21-9-13-27-26-6-4-5-7-29(26)32(3)30(27)17-21/h4-13,15-17H,14,18-19H2,1-3H3. The number of benzene rings is 4. The van der Waals surface area contributed by atoms with E-state index >= 15 is 0 Å². The average molecular weight is 417 g/mol. The molecule has 0 amide bonds. The Bertz CT molecular complexity index is 1490. The van der Waals surface area contributed by atoms with Crippen LogP contribution in [-0.2, 0) is 26.4 Å². The molecule has 1 heterocycles. The van der Waals surface area contributed by atoms with Gasteiger partial charge < -0.3 is 9.47 Å². The van der Waals surface area contributed by atoms with E-state index in [-0.39, 0.29) is 0 Å². The average Bonchev–Trinajstić information content (AvgIpc) is 3.28. The first-order valence-corrected chi connectivity index (χ1v) is 11.4. The summed E-state index contributed by atoms with van der Waals surface area (Å²) in [5, 5.41) is 2.67. The number of fused-ring (bicyclic) bond motifs is 6. The van der Waals surface area contributed by atoms with Gasteiger partial charge in [0.15, 0.2) is 0 Å². The molecule has 0 saturated carbocycles. The molecule has 4 aromatic carbocycles. The van der Waals surface area contributed by atoms with Crippen LogP contribution in [0.3, 0.4) is 0 Å². The van der Waals surface area contributed by atoms with Crippen LogP contribution in [0.1, 0.15) is 27.8 Å². The van der Waals surface area contributed by atoms with Crippen LogP contribution in [0.5, 0.6) is 0 Å². The maximum absolute atomic E-state index is 2.42. The molecule has 158 valence electrons. The lowest BCUT2D eigenvalue weighted by Gasteiger charge is -2.11. The molecule has 32 heavy (non-hydrogen) atoms. The van der Waals surface area contributed by atoms with Gasteiger partial charge in [0.25, 0.3) is 0 Å². The normalized spacial score (nSPS) is 12.6. The van der Waals surface area contributed by atoms with Crippen LogP contribution < -0.4 is 0 Å². The quantitative estimate of drug-likeness (QED) is 0.316. The Kier molecular flexibility index (Phi) is 4.44. The molecule has 0 radical (unpaired) electrons. The second kappa shape index (κ2) is 7.36. The summed E-state index contributed by atoms with van der Waals surface area (Å²) in [6, 6.07) is 29.7. The highest BCUT2D eigenvalue weighted by Crippen LogP contribution is 2.38. The first-order valence-electron chi connectivity index (χ1n) is 11.4. The summed E-state index contributed by atoms with van der Waals surface area (Å²) in [6.07, 6.45) is 2.01. The van der Waals surface area contributed by atoms with Crippen LogP contribution in [0.4, 0.5) is 0 Å². The lowest BCUT2D eigenvalue weighted by Crippen LogP contribution is -2.10. The van der Waals surface area contributed by atoms with Gasteiger partial charge in [-0.1, -0.05) is 66.7 Å². The van der Waals surface area contributed by atoms with Crippen molar-refractivity contribution in [1.29, 1.82) is 0 Å². The van der Waals surface area contributed by atoms with Crippen LogP contribution in [0.15, 0.2) is 78.9 Å². The van der Waals surface area contributed by atoms with Gasteiger partial charge in [-0.05, 0) is 78.0 Å². The molecule has 2 nitrogen and oxygen atoms in total. The van der Waals surface area contributed by atoms with E-state index in [0.29, 0.717) is 0 Å². The van der Waals surface area contributed by atoms with Crippen molar-refractivity contribution in [1.82, 2.24) is 9.47 Å². The number of rotatable bonds is 4. The molecule has 0 unspecified atom stereocenters. The van der Waals surface area contributed by atoms with Gasteiger partial charge in [-0.25, -0.2) is 0 Å². The van der Waals surface area contributed by atoms with E-state index in [1.165, 1.54) is 60.8 Å². The Labute approximate surface area is 189 Å². The number of para-hydroxylation sites is 1. The van der Waals surface area contributed by atoms with Gasteiger partial charge in [-0.3, -0.25) is 0 Å². The topological polar surface area (TPSA) is 8.17 Å². The molecular formula is C30H28N2. The third kappa shape index (κ3) is 3.14. The van der Waals surface area contributed by atoms with Gasteiger partial charge in [0, 0.05) is 35.4 Å². The van der Waals surface area contributed by atoms with Gasteiger partial charge in [-0.15, -0.1) is 0 Å². The Morgan fingerprint density at radius 2 is 1.44 bits per heavy atom. The minimum absolute atomic E-state index is 0.957. The molecule has 0 bridgehead atoms. The van der Waals surface area contributed by atoms with Crippen molar-refractivity contribution in [2.45, 2.75) is 19.4 Å². The largest absolute Gasteiger partial charge is 0.344 e. The molecule has 0 fully saturated rings. The number of aryl methyl sites for hydroxylation is 1. The molecular weight excluding hydrogens is 388 g/mol. The zero-order valence-corrected chi connectivity index (χ0v) is 19.0. The number of aromatic nitrogens is 1. The summed E-state index contributed by atoms with van der Waals surface area (Å²) in [5.74, 6) is 0. The molecule has 0 N–H and O–H groups in total. The molecule has 2 heteroatoms. The first kappa shape index (κ1) is 19.3. The molecule has 1 aromatic heterocycles. The Hall–Kier alpha value is -3.36. The predicted molar refractivity (Wildman–Crippen MR) is 135 cm³/mol. The summed E-state index contributed by atoms with van der Waals surface area (Å²) < 4.78 is 2.32. The first-order chi connectivity index (χ1) is 15.6. The van der Waals surface area contributed by atoms with E-state index < -0.39 is 0 Å². The van der Waals surface area contributed by atoms with Crippen molar-refractivity contribution in [3.63, 3.8) is 0 Å². The fourth-order valence-electron chi connectivity index (χ4n) is 5.41. The van der Waals surface area contributed by atoms with Crippen LogP contribution in [0.2, 0.25) is 0 Å². The van der Waals surface area contributed by atoms with Crippen molar-refractivity contribution in [3.05, 3.63) is 107 Å². The highest BCUT2D eigenvalue weighted by Gasteiger charge is 2.19. The van der Waals surface area contributed by atoms with Gasteiger partial charge in [0.05, 0.1) is 0 Å². The molecule has 6 rings (SSSR count). The van der Waals surface area contributed by atoms with E-state index in [2.05, 4.69) is 109 Å². The highest BCUT2D eigenvalue weighted by molar-refractivity contribution is 6.08. The predicted octanol–water partition coefficient (Wildman–Crippen LogP) is 6.56. The van der Waals surface area contributed by atoms with Crippen LogP contribution >= 0.6 is 0 Å². The maximum atomic E-state index is 2.42. The maximum Gasteiger partial charge on any atom is 0.0491 e. The minimum atomic E-state index is 0.957. The highest BCUT2D eigenvalue weighted by atomic mass is 15.0. The fraction of sp³-hybridized carbons (Fsp3) is 0.200. The van der Waals surface area contributed by atoms with E-state index in [0.717, 1.165) is 19.4 Å². The molecule has 0 spiro atoms. The monoisotopic (exact) mass is 416 g/mol. The minimum Gasteiger partial charge on any atom is -0.344 e. The van der Waals surface area contributed by atoms with Gasteiger partial charge >= 0.3 is 0 Å². The molecule has 0 saturated heterocycles. The summed E-state index contributed by atoms with van der Waals surface area (Å²) in [4.78, 5) is 2.23. The lowest BCUT2D eigenvalue weighted by molar-refractivity contribution is 0.402. The lowest BCUT2D eigenvalue weighted by atomic mass is 9.98. The van der Waals surface area contributed by atoms with Gasteiger partial charge in [-0.2, -0.15) is 0 Å². The zero-order chi connectivity index (χ0) is 21.8. The number of nitrogens with zero attached hydrogens (tertiary/aromatic N) is 2. The molecule has 1 aliphatic rings. The third-order valence-electron chi connectivity index (χ3n) is 6.90. The molecule has 1 aliphatic carbocycles. The van der Waals surface area contributed by atoms with Crippen molar-refractivity contribution in [2.75, 3.05) is 14.1 Å². The summed E-state index contributed by atoms with van der Waals surface area (Å²) >= 11 is 0. The van der Waals surface area contributed by atoms with E-state index in [4.69, 9.17) is 0 Å². The molecule has 5 aromatic rings. The van der Waals surface area contributed by atoms with Crippen molar-refractivity contribution in [3.8, 4) is 11.1 Å². The third-order valence-corrected chi connectivity index (χ3v) is 6.90. The van der Waals surface area contributed by atoms with Crippen LogP contribution in [-0.4, -0.2) is 23.6 Å². The van der Waals surface area contributed by atoms with Gasteiger partial charge in [0.2, 0.25) is 0 Å². The summed E-state index contributed by atoms with van der Waals surface area (Å²) in [6.45, 7) is 0.992. The van der Waals surface area contributed by atoms with Crippen LogP contribution in [0.25, 0.3) is 32.9 Å². The van der Waals surface area contributed by atoms with E-state index in [1.807, 2.05) is 0 Å². The second-order valence-electron chi connectivity index (χ2n) is 9.50. The summed E-state index contributed by atoms with van der Waals surface area (Å²) in [7, 11) is 6.43. The van der Waals surface area contributed by atoms with Crippen molar-refractivity contribution in [2.24, 2.45) is 7.05 Å². The van der Waals surface area contributed by atoms with E-state index in [1.54, 1.807) is 0 Å². The van der Waals surface area contributed by atoms with E-state index in [9.17, 15) is 0 Å². The van der Waals surface area contributed by atoms with Crippen molar-refractivity contribution < 1.29 is 0 Å². The number of hydrogen-bond acceptors (Lipinski definition) is 1. The fourth-order valence-corrected chi connectivity index (χ4v) is 5.41. The molecule has 0 aliphatic heterocycles. The second-order valence-corrected chi connectivity index (χ2v) is 9.50. The smallest absolute Gasteiger partial charge is 0.0491 e. The summed E-state index contributed by atoms with van der Waals surface area (Å²) in [5.41, 5.74) is 12.5. The zero-order valence-electron chi connectivity index (χ0n) is 19.0.